The molecule has 0 aliphatic carbocycles. The number of allylic oxidation sites excluding steroid dienone is 1. The van der Waals surface area contributed by atoms with Crippen molar-refractivity contribution in [2.45, 2.75) is 6.42 Å². The van der Waals surface area contributed by atoms with Gasteiger partial charge in [0.25, 0.3) is 5.69 Å². The molecule has 0 saturated carbocycles. The molecule has 7 nitrogen and oxygen atoms in total. The molecule has 0 spiro atoms. The molecule has 0 aliphatic rings. The minimum absolute atomic E-state index is 0.0839. The molecule has 0 radical (unpaired) electrons. The Morgan fingerprint density at radius 3 is 2.86 bits per heavy atom. The molecular weight excluding hydrogens is 286 g/mol. The van der Waals surface area contributed by atoms with E-state index in [0.29, 0.717) is 11.3 Å². The van der Waals surface area contributed by atoms with Crippen molar-refractivity contribution in [3.05, 3.63) is 70.2 Å². The summed E-state index contributed by atoms with van der Waals surface area (Å²) >= 11 is 0. The Hall–Kier alpha value is -3.22. The van der Waals surface area contributed by atoms with Crippen LogP contribution < -0.4 is 5.43 Å². The van der Waals surface area contributed by atoms with Crippen LogP contribution in [0.2, 0.25) is 0 Å². The highest BCUT2D eigenvalue weighted by Gasteiger charge is 2.14. The Balaban J connectivity index is 1.87. The number of nitrogens with one attached hydrogen (secondary N) is 1. The van der Waals surface area contributed by atoms with E-state index in [2.05, 4.69) is 10.5 Å². The molecule has 0 unspecified atom stereocenters. The maximum Gasteiger partial charge on any atom is 0.273 e. The lowest BCUT2D eigenvalue weighted by atomic mass is 10.1. The number of para-hydroxylation sites is 1. The van der Waals surface area contributed by atoms with Crippen LogP contribution in [0.4, 0.5) is 5.69 Å². The molecule has 0 aliphatic heterocycles. The molecular formula is C15H13N3O4. The third kappa shape index (κ3) is 4.41. The molecule has 1 heterocycles. The highest BCUT2D eigenvalue weighted by Crippen LogP contribution is 2.17. The van der Waals surface area contributed by atoms with Gasteiger partial charge in [-0.3, -0.25) is 14.9 Å². The van der Waals surface area contributed by atoms with Crippen LogP contribution in [-0.2, 0) is 11.2 Å². The van der Waals surface area contributed by atoms with Gasteiger partial charge in [-0.05, 0) is 24.3 Å². The summed E-state index contributed by atoms with van der Waals surface area (Å²) < 4.78 is 5.08. The number of hydrogen-bond acceptors (Lipinski definition) is 5. The van der Waals surface area contributed by atoms with Crippen LogP contribution >= 0.6 is 0 Å². The van der Waals surface area contributed by atoms with E-state index >= 15 is 0 Å². The highest BCUT2D eigenvalue weighted by molar-refractivity contribution is 5.82. The lowest BCUT2D eigenvalue weighted by Crippen LogP contribution is -2.20. The second-order valence-corrected chi connectivity index (χ2v) is 4.25. The van der Waals surface area contributed by atoms with Crippen molar-refractivity contribution in [2.24, 2.45) is 5.10 Å². The topological polar surface area (TPSA) is 97.7 Å². The van der Waals surface area contributed by atoms with E-state index in [1.165, 1.54) is 18.3 Å². The summed E-state index contributed by atoms with van der Waals surface area (Å²) in [4.78, 5) is 22.0. The first-order valence-corrected chi connectivity index (χ1v) is 6.41. The van der Waals surface area contributed by atoms with Gasteiger partial charge in [-0.25, -0.2) is 5.43 Å². The SMILES string of the molecule is O=C(Cc1ccccc1[N+](=O)[O-])N/N=C/C=C/c1ccco1. The van der Waals surface area contributed by atoms with E-state index in [9.17, 15) is 14.9 Å². The van der Waals surface area contributed by atoms with Gasteiger partial charge in [0.05, 0.1) is 17.6 Å². The Morgan fingerprint density at radius 1 is 1.32 bits per heavy atom. The van der Waals surface area contributed by atoms with Gasteiger partial charge in [-0.1, -0.05) is 18.2 Å². The van der Waals surface area contributed by atoms with Crippen molar-refractivity contribution in [3.8, 4) is 0 Å². The molecule has 0 atom stereocenters. The maximum absolute atomic E-state index is 11.7. The van der Waals surface area contributed by atoms with Gasteiger partial charge in [0.2, 0.25) is 5.91 Å². The summed E-state index contributed by atoms with van der Waals surface area (Å²) in [5.74, 6) is 0.231. The summed E-state index contributed by atoms with van der Waals surface area (Å²) in [6.45, 7) is 0. The van der Waals surface area contributed by atoms with Gasteiger partial charge >= 0.3 is 0 Å². The first-order valence-electron chi connectivity index (χ1n) is 6.41. The first-order chi connectivity index (χ1) is 10.7. The van der Waals surface area contributed by atoms with Crippen LogP contribution in [-0.4, -0.2) is 17.0 Å². The first kappa shape index (κ1) is 15.2. The number of rotatable bonds is 6. The fraction of sp³-hybridized carbons (Fsp3) is 0.0667. The molecule has 2 rings (SSSR count). The van der Waals surface area contributed by atoms with Crippen LogP contribution in [0.3, 0.4) is 0 Å². The fourth-order valence-corrected chi connectivity index (χ4v) is 1.73. The number of carbonyl (C=O) groups is 1. The molecule has 0 fully saturated rings. The van der Waals surface area contributed by atoms with Crippen LogP contribution in [0.5, 0.6) is 0 Å². The minimum atomic E-state index is -0.516. The van der Waals surface area contributed by atoms with Crippen molar-refractivity contribution in [3.63, 3.8) is 0 Å². The number of amides is 1. The summed E-state index contributed by atoms with van der Waals surface area (Å²) in [5.41, 5.74) is 2.56. The fourth-order valence-electron chi connectivity index (χ4n) is 1.73. The van der Waals surface area contributed by atoms with Crippen LogP contribution in [0.25, 0.3) is 6.08 Å². The van der Waals surface area contributed by atoms with Gasteiger partial charge < -0.3 is 4.42 Å². The number of nitro groups is 1. The summed E-state index contributed by atoms with van der Waals surface area (Å²) in [5, 5.41) is 14.6. The van der Waals surface area contributed by atoms with Crippen LogP contribution in [0.1, 0.15) is 11.3 Å². The molecule has 0 bridgehead atoms. The number of benzene rings is 1. The zero-order valence-corrected chi connectivity index (χ0v) is 11.5. The molecule has 22 heavy (non-hydrogen) atoms. The molecule has 0 saturated heterocycles. The normalized spacial score (nSPS) is 11.1. The Labute approximate surface area is 126 Å². The number of hydrazone groups is 1. The number of nitro benzene ring substituents is 1. The lowest BCUT2D eigenvalue weighted by molar-refractivity contribution is -0.385. The van der Waals surface area contributed by atoms with Gasteiger partial charge in [0.1, 0.15) is 5.76 Å². The van der Waals surface area contributed by atoms with Crippen molar-refractivity contribution < 1.29 is 14.1 Å². The average molecular weight is 299 g/mol. The largest absolute Gasteiger partial charge is 0.465 e. The Kier molecular flexibility index (Phi) is 5.20. The predicted molar refractivity (Wildman–Crippen MR) is 81.2 cm³/mol. The minimum Gasteiger partial charge on any atom is -0.465 e. The van der Waals surface area contributed by atoms with Gasteiger partial charge in [-0.15, -0.1) is 0 Å². The van der Waals surface area contributed by atoms with E-state index in [4.69, 9.17) is 4.42 Å². The molecule has 1 amide bonds. The number of furan rings is 1. The van der Waals surface area contributed by atoms with Gasteiger partial charge in [0.15, 0.2) is 0 Å². The lowest BCUT2D eigenvalue weighted by Gasteiger charge is -2.01. The third-order valence-electron chi connectivity index (χ3n) is 2.69. The Morgan fingerprint density at radius 2 is 2.14 bits per heavy atom. The molecule has 112 valence electrons. The highest BCUT2D eigenvalue weighted by atomic mass is 16.6. The molecule has 1 aromatic heterocycles. The second kappa shape index (κ2) is 7.53. The van der Waals surface area contributed by atoms with E-state index in [1.54, 1.807) is 42.7 Å². The number of carbonyl (C=O) groups excluding carboxylic acids is 1. The van der Waals surface area contributed by atoms with Gasteiger partial charge in [-0.2, -0.15) is 5.10 Å². The standard InChI is InChI=1S/C15H13N3O4/c19-15(11-12-5-1-2-8-14(12)18(20)21)17-16-9-3-6-13-7-4-10-22-13/h1-10H,11H2,(H,17,19)/b6-3+,16-9+. The number of nitrogens with zero attached hydrogens (tertiary/aromatic N) is 2. The quantitative estimate of drug-likeness (QED) is 0.503. The van der Waals surface area contributed by atoms with Crippen molar-refractivity contribution in [1.82, 2.24) is 5.43 Å². The third-order valence-corrected chi connectivity index (χ3v) is 2.69. The monoisotopic (exact) mass is 299 g/mol. The van der Waals surface area contributed by atoms with Crippen molar-refractivity contribution >= 4 is 23.9 Å². The zero-order valence-electron chi connectivity index (χ0n) is 11.5. The summed E-state index contributed by atoms with van der Waals surface area (Å²) in [6, 6.07) is 9.63. The van der Waals surface area contributed by atoms with Gasteiger partial charge in [0, 0.05) is 17.8 Å². The van der Waals surface area contributed by atoms with E-state index in [0.717, 1.165) is 0 Å². The maximum atomic E-state index is 11.7. The summed E-state index contributed by atoms with van der Waals surface area (Å²) in [6.07, 6.45) is 6.10. The molecule has 2 aromatic rings. The smallest absolute Gasteiger partial charge is 0.273 e. The van der Waals surface area contributed by atoms with E-state index in [1.807, 2.05) is 0 Å². The molecule has 7 heteroatoms. The summed E-state index contributed by atoms with van der Waals surface area (Å²) in [7, 11) is 0. The second-order valence-electron chi connectivity index (χ2n) is 4.25. The predicted octanol–water partition coefficient (Wildman–Crippen LogP) is 2.55. The Bertz CT molecular complexity index is 705. The van der Waals surface area contributed by atoms with E-state index < -0.39 is 10.8 Å². The van der Waals surface area contributed by atoms with Crippen molar-refractivity contribution in [1.29, 1.82) is 0 Å². The number of hydrogen-bond donors (Lipinski definition) is 1. The van der Waals surface area contributed by atoms with Crippen LogP contribution in [0, 0.1) is 10.1 Å². The molecule has 1 aromatic carbocycles. The van der Waals surface area contributed by atoms with Crippen molar-refractivity contribution in [2.75, 3.05) is 0 Å². The average Bonchev–Trinajstić information content (AvgIpc) is 3.00. The molecule has 1 N–H and O–H groups in total. The van der Waals surface area contributed by atoms with Crippen LogP contribution in [0.15, 0.2) is 58.3 Å². The zero-order chi connectivity index (χ0) is 15.8. The van der Waals surface area contributed by atoms with E-state index in [-0.39, 0.29) is 12.1 Å².